The summed E-state index contributed by atoms with van der Waals surface area (Å²) in [5.74, 6) is -0.738. The van der Waals surface area contributed by atoms with E-state index in [9.17, 15) is 12.8 Å². The largest absolute Gasteiger partial charge is 0.299 e. The van der Waals surface area contributed by atoms with Gasteiger partial charge in [-0.2, -0.15) is 0 Å². The zero-order valence-electron chi connectivity index (χ0n) is 14.7. The van der Waals surface area contributed by atoms with Crippen LogP contribution in [0, 0.1) is 5.82 Å². The van der Waals surface area contributed by atoms with Crippen molar-refractivity contribution in [2.24, 2.45) is 0 Å². The van der Waals surface area contributed by atoms with E-state index in [0.29, 0.717) is 0 Å². The highest BCUT2D eigenvalue weighted by atomic mass is 32.2. The Morgan fingerprint density at radius 1 is 1.00 bits per heavy atom. The lowest BCUT2D eigenvalue weighted by molar-refractivity contribution is 0.216. The predicted octanol–water partition coefficient (Wildman–Crippen LogP) is 3.06. The van der Waals surface area contributed by atoms with Gasteiger partial charge in [0.25, 0.3) is 0 Å². The molecule has 0 bridgehead atoms. The van der Waals surface area contributed by atoms with Crippen LogP contribution >= 0.6 is 0 Å². The molecule has 6 heteroatoms. The summed E-state index contributed by atoms with van der Waals surface area (Å²) in [6.45, 7) is 5.96. The molecule has 4 nitrogen and oxygen atoms in total. The Bertz CT molecular complexity index is 762. The van der Waals surface area contributed by atoms with Crippen LogP contribution in [0.15, 0.2) is 59.5 Å². The molecule has 1 atom stereocenters. The van der Waals surface area contributed by atoms with E-state index in [-0.39, 0.29) is 17.5 Å². The van der Waals surface area contributed by atoms with Gasteiger partial charge >= 0.3 is 0 Å². The molecule has 1 N–H and O–H groups in total. The van der Waals surface area contributed by atoms with Gasteiger partial charge in [-0.3, -0.25) is 4.90 Å². The third-order valence-electron chi connectivity index (χ3n) is 4.28. The predicted molar refractivity (Wildman–Crippen MR) is 98.4 cm³/mol. The van der Waals surface area contributed by atoms with E-state index >= 15 is 0 Å². The minimum atomic E-state index is -3.88. The Morgan fingerprint density at radius 2 is 1.60 bits per heavy atom. The summed E-state index contributed by atoms with van der Waals surface area (Å²) in [7, 11) is -3.88. The van der Waals surface area contributed by atoms with Gasteiger partial charge in [-0.25, -0.2) is 17.5 Å². The molecule has 0 spiro atoms. The highest BCUT2D eigenvalue weighted by Gasteiger charge is 2.22. The van der Waals surface area contributed by atoms with E-state index in [1.165, 1.54) is 18.2 Å². The highest BCUT2D eigenvalue weighted by Crippen LogP contribution is 2.14. The lowest BCUT2D eigenvalue weighted by Crippen LogP contribution is -2.45. The molecule has 0 heterocycles. The summed E-state index contributed by atoms with van der Waals surface area (Å²) >= 11 is 0. The van der Waals surface area contributed by atoms with Crippen LogP contribution in [-0.2, 0) is 16.4 Å². The molecule has 0 fully saturated rings. The molecule has 0 saturated heterocycles. The second-order valence-electron chi connectivity index (χ2n) is 5.85. The van der Waals surface area contributed by atoms with Gasteiger partial charge in [0.2, 0.25) is 10.0 Å². The number of hydrogen-bond donors (Lipinski definition) is 1. The normalized spacial score (nSPS) is 13.1. The minimum Gasteiger partial charge on any atom is -0.299 e. The number of hydrogen-bond acceptors (Lipinski definition) is 3. The van der Waals surface area contributed by atoms with E-state index < -0.39 is 15.8 Å². The maximum Gasteiger partial charge on any atom is 0.243 e. The van der Waals surface area contributed by atoms with Crippen molar-refractivity contribution in [1.82, 2.24) is 9.62 Å². The monoisotopic (exact) mass is 364 g/mol. The van der Waals surface area contributed by atoms with Gasteiger partial charge < -0.3 is 0 Å². The molecular formula is C19H25FN2O2S. The molecule has 2 rings (SSSR count). The Hall–Kier alpha value is -1.76. The van der Waals surface area contributed by atoms with Crippen LogP contribution < -0.4 is 4.72 Å². The number of halogens is 1. The third kappa shape index (κ3) is 5.36. The fourth-order valence-corrected chi connectivity index (χ4v) is 4.05. The number of nitrogens with one attached hydrogen (secondary N) is 1. The third-order valence-corrected chi connectivity index (χ3v) is 5.73. The maximum absolute atomic E-state index is 13.8. The van der Waals surface area contributed by atoms with E-state index in [4.69, 9.17) is 0 Å². The van der Waals surface area contributed by atoms with Crippen molar-refractivity contribution in [2.75, 3.05) is 19.6 Å². The molecule has 0 aliphatic carbocycles. The Balaban J connectivity index is 2.15. The summed E-state index contributed by atoms with van der Waals surface area (Å²) in [6.07, 6.45) is 0.725. The van der Waals surface area contributed by atoms with Crippen molar-refractivity contribution >= 4 is 10.0 Å². The average molecular weight is 364 g/mol. The van der Waals surface area contributed by atoms with Gasteiger partial charge in [0, 0.05) is 12.6 Å². The topological polar surface area (TPSA) is 49.4 Å². The molecule has 0 unspecified atom stereocenters. The molecular weight excluding hydrogens is 339 g/mol. The molecule has 0 radical (unpaired) electrons. The number of benzene rings is 2. The molecule has 25 heavy (non-hydrogen) atoms. The smallest absolute Gasteiger partial charge is 0.243 e. The number of nitrogens with zero attached hydrogens (tertiary/aromatic N) is 1. The molecule has 2 aromatic rings. The number of likely N-dealkylation sites (N-methyl/N-ethyl adjacent to an activating group) is 1. The molecule has 2 aromatic carbocycles. The fourth-order valence-electron chi connectivity index (χ4n) is 2.90. The quantitative estimate of drug-likeness (QED) is 0.744. The summed E-state index contributed by atoms with van der Waals surface area (Å²) < 4.78 is 41.3. The lowest BCUT2D eigenvalue weighted by Gasteiger charge is -2.30. The molecule has 0 aliphatic heterocycles. The van der Waals surface area contributed by atoms with Crippen LogP contribution in [0.5, 0.6) is 0 Å². The summed E-state index contributed by atoms with van der Waals surface area (Å²) in [6, 6.07) is 15.4. The first-order valence-electron chi connectivity index (χ1n) is 8.50. The van der Waals surface area contributed by atoms with Gasteiger partial charge in [-0.1, -0.05) is 56.3 Å². The van der Waals surface area contributed by atoms with Crippen LogP contribution in [0.3, 0.4) is 0 Å². The second kappa shape index (κ2) is 9.08. The second-order valence-corrected chi connectivity index (χ2v) is 7.58. The lowest BCUT2D eigenvalue weighted by atomic mass is 10.0. The first-order chi connectivity index (χ1) is 12.0. The van der Waals surface area contributed by atoms with Gasteiger partial charge in [0.15, 0.2) is 0 Å². The Labute approximate surface area is 149 Å². The van der Waals surface area contributed by atoms with Crippen molar-refractivity contribution in [1.29, 1.82) is 0 Å². The highest BCUT2D eigenvalue weighted by molar-refractivity contribution is 7.89. The van der Waals surface area contributed by atoms with E-state index in [1.807, 2.05) is 44.2 Å². The Kier molecular flexibility index (Phi) is 7.11. The minimum absolute atomic E-state index is 0.000974. The molecule has 0 saturated carbocycles. The molecule has 0 aromatic heterocycles. The van der Waals surface area contributed by atoms with Crippen molar-refractivity contribution in [3.05, 3.63) is 66.0 Å². The molecule has 136 valence electrons. The summed E-state index contributed by atoms with van der Waals surface area (Å²) in [4.78, 5) is 1.89. The average Bonchev–Trinajstić information content (AvgIpc) is 2.61. The van der Waals surface area contributed by atoms with Gasteiger partial charge in [0.05, 0.1) is 0 Å². The van der Waals surface area contributed by atoms with E-state index in [2.05, 4.69) is 9.62 Å². The first-order valence-corrected chi connectivity index (χ1v) is 9.98. The van der Waals surface area contributed by atoms with Crippen molar-refractivity contribution in [3.63, 3.8) is 0 Å². The summed E-state index contributed by atoms with van der Waals surface area (Å²) in [5.41, 5.74) is 1.14. The first kappa shape index (κ1) is 19.6. The number of sulfonamides is 1. The van der Waals surface area contributed by atoms with E-state index in [1.54, 1.807) is 0 Å². The van der Waals surface area contributed by atoms with Gasteiger partial charge in [-0.15, -0.1) is 0 Å². The van der Waals surface area contributed by atoms with Gasteiger partial charge in [0.1, 0.15) is 10.7 Å². The van der Waals surface area contributed by atoms with Crippen molar-refractivity contribution in [2.45, 2.75) is 31.2 Å². The van der Waals surface area contributed by atoms with Crippen molar-refractivity contribution in [3.8, 4) is 0 Å². The van der Waals surface area contributed by atoms with Crippen LogP contribution in [0.2, 0.25) is 0 Å². The zero-order chi connectivity index (χ0) is 18.3. The van der Waals surface area contributed by atoms with Gasteiger partial charge in [-0.05, 0) is 37.2 Å². The van der Waals surface area contributed by atoms with Crippen molar-refractivity contribution < 1.29 is 12.8 Å². The number of rotatable bonds is 9. The zero-order valence-corrected chi connectivity index (χ0v) is 15.5. The maximum atomic E-state index is 13.8. The SMILES string of the molecule is CCN(CC)[C@H](CNS(=O)(=O)c1ccccc1F)Cc1ccccc1. The fraction of sp³-hybridized carbons (Fsp3) is 0.368. The Morgan fingerprint density at radius 3 is 2.20 bits per heavy atom. The van der Waals surface area contributed by atoms with Crippen LogP contribution in [0.1, 0.15) is 19.4 Å². The summed E-state index contributed by atoms with van der Waals surface area (Å²) in [5, 5.41) is 0. The van der Waals surface area contributed by atoms with Crippen LogP contribution in [0.25, 0.3) is 0 Å². The van der Waals surface area contributed by atoms with Crippen LogP contribution in [-0.4, -0.2) is 39.0 Å². The standard InChI is InChI=1S/C19H25FN2O2S/c1-3-22(4-2)17(14-16-10-6-5-7-11-16)15-21-25(23,24)19-13-9-8-12-18(19)20/h5-13,17,21H,3-4,14-15H2,1-2H3/t17-/m0/s1. The molecule has 0 amide bonds. The van der Waals surface area contributed by atoms with Crippen LogP contribution in [0.4, 0.5) is 4.39 Å². The molecule has 0 aliphatic rings. The van der Waals surface area contributed by atoms with E-state index in [0.717, 1.165) is 31.1 Å².